The molecule has 4 heteroatoms. The summed E-state index contributed by atoms with van der Waals surface area (Å²) in [6.45, 7) is 17.1. The molecule has 0 aromatic rings. The van der Waals surface area contributed by atoms with Gasteiger partial charge in [0, 0.05) is 6.61 Å². The largest absolute Gasteiger partial charge is 0.411 e. The van der Waals surface area contributed by atoms with Gasteiger partial charge in [-0.3, -0.25) is 0 Å². The van der Waals surface area contributed by atoms with E-state index in [-0.39, 0.29) is 17.2 Å². The molecule has 0 saturated carbocycles. The average molecular weight is 286 g/mol. The van der Waals surface area contributed by atoms with Crippen LogP contribution in [0, 0.1) is 0 Å². The molecule has 1 heterocycles. The van der Waals surface area contributed by atoms with Gasteiger partial charge >= 0.3 is 0 Å². The van der Waals surface area contributed by atoms with Crippen LogP contribution in [-0.4, -0.2) is 40.3 Å². The summed E-state index contributed by atoms with van der Waals surface area (Å²) in [5.74, 6) is 0. The molecule has 0 aromatic carbocycles. The lowest BCUT2D eigenvalue weighted by atomic mass is 10.1. The van der Waals surface area contributed by atoms with Crippen molar-refractivity contribution in [3.8, 4) is 0 Å². The standard InChI is InChI=1S/C15H30O3Si/c1-7-10-16-12-14-13(9-8-11-17-14)18-19(5,6)15(2,3)4/h7,13-14H,1,8-12H2,2-6H3/t13-,14+/m0/s1. The van der Waals surface area contributed by atoms with Crippen molar-refractivity contribution in [2.75, 3.05) is 19.8 Å². The average Bonchev–Trinajstić information content (AvgIpc) is 2.30. The second-order valence-electron chi connectivity index (χ2n) is 6.79. The molecule has 0 N–H and O–H groups in total. The van der Waals surface area contributed by atoms with Crippen molar-refractivity contribution < 1.29 is 13.9 Å². The maximum atomic E-state index is 6.49. The maximum absolute atomic E-state index is 6.49. The van der Waals surface area contributed by atoms with Crippen molar-refractivity contribution in [1.82, 2.24) is 0 Å². The van der Waals surface area contributed by atoms with Gasteiger partial charge in [-0.05, 0) is 31.0 Å². The van der Waals surface area contributed by atoms with E-state index in [0.717, 1.165) is 19.4 Å². The van der Waals surface area contributed by atoms with E-state index in [0.29, 0.717) is 13.2 Å². The Morgan fingerprint density at radius 3 is 2.63 bits per heavy atom. The summed E-state index contributed by atoms with van der Waals surface area (Å²) in [5.41, 5.74) is 0. The molecule has 19 heavy (non-hydrogen) atoms. The Hall–Kier alpha value is -0.163. The molecular formula is C15H30O3Si. The minimum absolute atomic E-state index is 0.0721. The van der Waals surface area contributed by atoms with Gasteiger partial charge < -0.3 is 13.9 Å². The van der Waals surface area contributed by atoms with Crippen molar-refractivity contribution in [3.05, 3.63) is 12.7 Å². The molecule has 1 aliphatic heterocycles. The Labute approximate surface area is 119 Å². The van der Waals surface area contributed by atoms with Crippen LogP contribution in [0.4, 0.5) is 0 Å². The van der Waals surface area contributed by atoms with E-state index in [2.05, 4.69) is 40.4 Å². The van der Waals surface area contributed by atoms with E-state index in [9.17, 15) is 0 Å². The highest BCUT2D eigenvalue weighted by molar-refractivity contribution is 6.74. The SMILES string of the molecule is C=CCOC[C@H]1OCCC[C@@H]1O[Si](C)(C)C(C)(C)C. The number of ether oxygens (including phenoxy) is 2. The van der Waals surface area contributed by atoms with E-state index < -0.39 is 8.32 Å². The van der Waals surface area contributed by atoms with Crippen LogP contribution in [0.1, 0.15) is 33.6 Å². The highest BCUT2D eigenvalue weighted by Crippen LogP contribution is 2.38. The predicted molar refractivity (Wildman–Crippen MR) is 82.1 cm³/mol. The number of hydrogen-bond donors (Lipinski definition) is 0. The van der Waals surface area contributed by atoms with E-state index in [4.69, 9.17) is 13.9 Å². The van der Waals surface area contributed by atoms with Crippen molar-refractivity contribution in [2.24, 2.45) is 0 Å². The summed E-state index contributed by atoms with van der Waals surface area (Å²) in [4.78, 5) is 0. The molecule has 1 aliphatic rings. The van der Waals surface area contributed by atoms with E-state index >= 15 is 0 Å². The van der Waals surface area contributed by atoms with Crippen LogP contribution in [-0.2, 0) is 13.9 Å². The van der Waals surface area contributed by atoms with Crippen LogP contribution in [0.3, 0.4) is 0 Å². The van der Waals surface area contributed by atoms with Crippen LogP contribution in [0.15, 0.2) is 12.7 Å². The van der Waals surface area contributed by atoms with Crippen LogP contribution < -0.4 is 0 Å². The van der Waals surface area contributed by atoms with Crippen LogP contribution in [0.25, 0.3) is 0 Å². The summed E-state index contributed by atoms with van der Waals surface area (Å²) in [6.07, 6.45) is 4.18. The summed E-state index contributed by atoms with van der Waals surface area (Å²) >= 11 is 0. The lowest BCUT2D eigenvalue weighted by Crippen LogP contribution is -2.50. The number of hydrogen-bond acceptors (Lipinski definition) is 3. The van der Waals surface area contributed by atoms with Crippen LogP contribution in [0.5, 0.6) is 0 Å². The molecule has 0 bridgehead atoms. The molecule has 0 amide bonds. The Bertz CT molecular complexity index is 284. The Morgan fingerprint density at radius 2 is 2.05 bits per heavy atom. The molecule has 2 atom stereocenters. The quantitative estimate of drug-likeness (QED) is 0.423. The maximum Gasteiger partial charge on any atom is 0.192 e. The third kappa shape index (κ3) is 5.03. The molecule has 0 spiro atoms. The lowest BCUT2D eigenvalue weighted by Gasteiger charge is -2.42. The zero-order chi connectivity index (χ0) is 14.5. The Morgan fingerprint density at radius 1 is 1.37 bits per heavy atom. The zero-order valence-electron chi connectivity index (χ0n) is 13.2. The first kappa shape index (κ1) is 16.9. The Kier molecular flexibility index (Phi) is 6.24. The van der Waals surface area contributed by atoms with Gasteiger partial charge in [-0.25, -0.2) is 0 Å². The molecule has 0 aromatic heterocycles. The second-order valence-corrected chi connectivity index (χ2v) is 11.6. The summed E-state index contributed by atoms with van der Waals surface area (Å²) < 4.78 is 17.9. The highest BCUT2D eigenvalue weighted by atomic mass is 28.4. The van der Waals surface area contributed by atoms with Gasteiger partial charge in [-0.1, -0.05) is 26.8 Å². The minimum Gasteiger partial charge on any atom is -0.411 e. The first-order valence-electron chi connectivity index (χ1n) is 7.26. The summed E-state index contributed by atoms with van der Waals surface area (Å²) in [7, 11) is -1.74. The molecule has 1 rings (SSSR count). The predicted octanol–water partition coefficient (Wildman–Crippen LogP) is 3.76. The van der Waals surface area contributed by atoms with E-state index in [1.165, 1.54) is 0 Å². The normalized spacial score (nSPS) is 25.3. The van der Waals surface area contributed by atoms with E-state index in [1.54, 1.807) is 6.08 Å². The molecular weight excluding hydrogens is 256 g/mol. The van der Waals surface area contributed by atoms with Gasteiger partial charge in [0.05, 0.1) is 19.3 Å². The van der Waals surface area contributed by atoms with Crippen LogP contribution >= 0.6 is 0 Å². The van der Waals surface area contributed by atoms with Gasteiger partial charge in [0.15, 0.2) is 8.32 Å². The van der Waals surface area contributed by atoms with Gasteiger partial charge in [-0.2, -0.15) is 0 Å². The summed E-state index contributed by atoms with van der Waals surface area (Å²) in [5, 5.41) is 0.233. The summed E-state index contributed by atoms with van der Waals surface area (Å²) in [6, 6.07) is 0. The fourth-order valence-electron chi connectivity index (χ4n) is 1.93. The van der Waals surface area contributed by atoms with Gasteiger partial charge in [0.25, 0.3) is 0 Å². The molecule has 0 aliphatic carbocycles. The van der Waals surface area contributed by atoms with Crippen LogP contribution in [0.2, 0.25) is 18.1 Å². The zero-order valence-corrected chi connectivity index (χ0v) is 14.2. The first-order valence-corrected chi connectivity index (χ1v) is 10.2. The second kappa shape index (κ2) is 7.02. The molecule has 0 unspecified atom stereocenters. The van der Waals surface area contributed by atoms with Gasteiger partial charge in [-0.15, -0.1) is 6.58 Å². The van der Waals surface area contributed by atoms with Gasteiger partial charge in [0.1, 0.15) is 6.10 Å². The molecule has 1 fully saturated rings. The molecule has 3 nitrogen and oxygen atoms in total. The monoisotopic (exact) mass is 286 g/mol. The van der Waals surface area contributed by atoms with E-state index in [1.807, 2.05) is 0 Å². The lowest BCUT2D eigenvalue weighted by molar-refractivity contribution is -0.0990. The third-order valence-electron chi connectivity index (χ3n) is 4.15. The fourth-order valence-corrected chi connectivity index (χ4v) is 3.31. The van der Waals surface area contributed by atoms with Crippen molar-refractivity contribution in [3.63, 3.8) is 0 Å². The van der Waals surface area contributed by atoms with Crippen molar-refractivity contribution >= 4 is 8.32 Å². The van der Waals surface area contributed by atoms with Crippen molar-refractivity contribution in [1.29, 1.82) is 0 Å². The molecule has 1 saturated heterocycles. The fraction of sp³-hybridized carbons (Fsp3) is 0.867. The third-order valence-corrected chi connectivity index (χ3v) is 8.65. The Balaban J connectivity index is 2.59. The molecule has 112 valence electrons. The van der Waals surface area contributed by atoms with Crippen molar-refractivity contribution in [2.45, 2.75) is 64.0 Å². The number of rotatable bonds is 6. The molecule has 0 radical (unpaired) electrons. The highest BCUT2D eigenvalue weighted by Gasteiger charge is 2.41. The first-order chi connectivity index (χ1) is 8.78. The topological polar surface area (TPSA) is 27.7 Å². The smallest absolute Gasteiger partial charge is 0.192 e. The minimum atomic E-state index is -1.74. The van der Waals surface area contributed by atoms with Gasteiger partial charge in [0.2, 0.25) is 0 Å².